The van der Waals surface area contributed by atoms with Crippen LogP contribution in [-0.4, -0.2) is 44.0 Å². The lowest BCUT2D eigenvalue weighted by molar-refractivity contribution is 0.174. The second kappa shape index (κ2) is 9.20. The smallest absolute Gasteiger partial charge is 0.231 e. The monoisotopic (exact) mass is 443 g/mol. The van der Waals surface area contributed by atoms with E-state index in [1.807, 2.05) is 44.4 Å². The quantitative estimate of drug-likeness (QED) is 0.471. The van der Waals surface area contributed by atoms with E-state index in [0.29, 0.717) is 12.5 Å². The molecule has 0 saturated heterocycles. The average Bonchev–Trinajstić information content (AvgIpc) is 3.54. The molecule has 0 unspecified atom stereocenters. The maximum Gasteiger partial charge on any atom is 0.231 e. The predicted octanol–water partition coefficient (Wildman–Crippen LogP) is 5.43. The van der Waals surface area contributed by atoms with E-state index < -0.39 is 0 Å². The van der Waals surface area contributed by atoms with Gasteiger partial charge in [-0.25, -0.2) is 0 Å². The third kappa shape index (κ3) is 4.83. The lowest BCUT2D eigenvalue weighted by Gasteiger charge is -2.18. The maximum absolute atomic E-state index is 9.88. The van der Waals surface area contributed by atoms with Gasteiger partial charge in [0.25, 0.3) is 0 Å². The van der Waals surface area contributed by atoms with Crippen molar-refractivity contribution in [2.24, 2.45) is 5.92 Å². The largest absolute Gasteiger partial charge is 0.508 e. The highest BCUT2D eigenvalue weighted by Gasteiger charge is 2.31. The van der Waals surface area contributed by atoms with Crippen molar-refractivity contribution in [3.05, 3.63) is 83.4 Å². The first-order valence-electron chi connectivity index (χ1n) is 11.4. The number of hydrogen-bond acceptors (Lipinski definition) is 5. The van der Waals surface area contributed by atoms with Gasteiger partial charge in [0, 0.05) is 6.54 Å². The SMILES string of the molecule is CN(C)CCOc1ccc(/C(=C(/c2ccc3c(c2)OCO3)C2CC2)c2ccc(O)cc2)cc1. The first-order valence-corrected chi connectivity index (χ1v) is 11.4. The summed E-state index contributed by atoms with van der Waals surface area (Å²) < 4.78 is 17.1. The molecule has 5 nitrogen and oxygen atoms in total. The Kier molecular flexibility index (Phi) is 5.97. The lowest BCUT2D eigenvalue weighted by Crippen LogP contribution is -2.19. The van der Waals surface area contributed by atoms with Crippen LogP contribution in [0.15, 0.2) is 66.7 Å². The third-order valence-corrected chi connectivity index (χ3v) is 6.04. The molecule has 1 heterocycles. The molecule has 1 saturated carbocycles. The minimum atomic E-state index is 0.263. The zero-order valence-corrected chi connectivity index (χ0v) is 19.1. The van der Waals surface area contributed by atoms with Crippen LogP contribution in [0.3, 0.4) is 0 Å². The number of fused-ring (bicyclic) bond motifs is 1. The summed E-state index contributed by atoms with van der Waals surface area (Å²) >= 11 is 0. The van der Waals surface area contributed by atoms with Crippen LogP contribution in [0.4, 0.5) is 0 Å². The molecule has 3 aromatic rings. The fraction of sp³-hybridized carbons (Fsp3) is 0.286. The number of hydrogen-bond donors (Lipinski definition) is 1. The van der Waals surface area contributed by atoms with E-state index in [0.717, 1.165) is 53.3 Å². The van der Waals surface area contributed by atoms with Gasteiger partial charge in [-0.2, -0.15) is 0 Å². The number of phenolic OH excluding ortho intramolecular Hbond substituents is 1. The summed E-state index contributed by atoms with van der Waals surface area (Å²) in [6.07, 6.45) is 2.33. The van der Waals surface area contributed by atoms with Gasteiger partial charge in [-0.1, -0.05) is 30.3 Å². The van der Waals surface area contributed by atoms with E-state index in [2.05, 4.69) is 29.2 Å². The maximum atomic E-state index is 9.88. The van der Waals surface area contributed by atoms with Gasteiger partial charge in [-0.3, -0.25) is 0 Å². The minimum absolute atomic E-state index is 0.263. The zero-order valence-electron chi connectivity index (χ0n) is 19.1. The van der Waals surface area contributed by atoms with Crippen LogP contribution in [0.2, 0.25) is 0 Å². The number of phenols is 1. The fourth-order valence-corrected chi connectivity index (χ4v) is 4.19. The van der Waals surface area contributed by atoms with E-state index in [4.69, 9.17) is 14.2 Å². The normalized spacial score (nSPS) is 15.5. The number of aromatic hydroxyl groups is 1. The second-order valence-corrected chi connectivity index (χ2v) is 8.85. The Morgan fingerprint density at radius 2 is 1.52 bits per heavy atom. The minimum Gasteiger partial charge on any atom is -0.508 e. The molecule has 0 spiro atoms. The van der Waals surface area contributed by atoms with Crippen molar-refractivity contribution in [3.8, 4) is 23.0 Å². The van der Waals surface area contributed by atoms with Crippen molar-refractivity contribution in [3.63, 3.8) is 0 Å². The first kappa shape index (κ1) is 21.4. The Balaban J connectivity index is 1.58. The van der Waals surface area contributed by atoms with Crippen LogP contribution in [0.25, 0.3) is 11.1 Å². The van der Waals surface area contributed by atoms with E-state index in [1.54, 1.807) is 12.1 Å². The van der Waals surface area contributed by atoms with Crippen LogP contribution in [0.5, 0.6) is 23.0 Å². The summed E-state index contributed by atoms with van der Waals surface area (Å²) in [6, 6.07) is 22.0. The molecule has 5 rings (SSSR count). The number of nitrogens with zero attached hydrogens (tertiary/aromatic N) is 1. The molecule has 33 heavy (non-hydrogen) atoms. The van der Waals surface area contributed by atoms with Crippen LogP contribution in [0.1, 0.15) is 29.5 Å². The molecule has 1 aliphatic carbocycles. The molecule has 0 radical (unpaired) electrons. The first-order chi connectivity index (χ1) is 16.1. The molecule has 1 fully saturated rings. The van der Waals surface area contributed by atoms with Crippen molar-refractivity contribution in [1.29, 1.82) is 0 Å². The molecule has 0 aromatic heterocycles. The Morgan fingerprint density at radius 1 is 0.879 bits per heavy atom. The van der Waals surface area contributed by atoms with Crippen LogP contribution in [-0.2, 0) is 0 Å². The summed E-state index contributed by atoms with van der Waals surface area (Å²) in [5.41, 5.74) is 5.83. The van der Waals surface area contributed by atoms with Crippen molar-refractivity contribution in [1.82, 2.24) is 4.90 Å². The number of rotatable bonds is 8. The third-order valence-electron chi connectivity index (χ3n) is 6.04. The Bertz CT molecular complexity index is 1150. The van der Waals surface area contributed by atoms with Gasteiger partial charge in [0.1, 0.15) is 18.1 Å². The van der Waals surface area contributed by atoms with Crippen molar-refractivity contribution in [2.45, 2.75) is 12.8 Å². The molecular formula is C28H29NO4. The highest BCUT2D eigenvalue weighted by molar-refractivity contribution is 6.00. The van der Waals surface area contributed by atoms with E-state index in [9.17, 15) is 5.11 Å². The Morgan fingerprint density at radius 3 is 2.18 bits per heavy atom. The molecule has 5 heteroatoms. The highest BCUT2D eigenvalue weighted by atomic mass is 16.7. The number of likely N-dealkylation sites (N-methyl/N-ethyl adjacent to an activating group) is 1. The van der Waals surface area contributed by atoms with E-state index >= 15 is 0 Å². The molecule has 2 aliphatic rings. The van der Waals surface area contributed by atoms with Crippen LogP contribution < -0.4 is 14.2 Å². The van der Waals surface area contributed by atoms with Gasteiger partial charge in [0.2, 0.25) is 6.79 Å². The zero-order chi connectivity index (χ0) is 22.8. The van der Waals surface area contributed by atoms with Crippen LogP contribution in [0, 0.1) is 5.92 Å². The summed E-state index contributed by atoms with van der Waals surface area (Å²) in [5, 5.41) is 9.88. The molecular weight excluding hydrogens is 414 g/mol. The van der Waals surface area contributed by atoms with Crippen molar-refractivity contribution >= 4 is 11.1 Å². The molecule has 1 aliphatic heterocycles. The predicted molar refractivity (Wildman–Crippen MR) is 130 cm³/mol. The summed E-state index contributed by atoms with van der Waals surface area (Å²) in [7, 11) is 4.08. The van der Waals surface area contributed by atoms with Gasteiger partial charge >= 0.3 is 0 Å². The molecule has 0 amide bonds. The van der Waals surface area contributed by atoms with Gasteiger partial charge in [0.15, 0.2) is 11.5 Å². The average molecular weight is 444 g/mol. The van der Waals surface area contributed by atoms with E-state index in [-0.39, 0.29) is 12.5 Å². The number of ether oxygens (including phenoxy) is 3. The molecule has 1 N–H and O–H groups in total. The van der Waals surface area contributed by atoms with Gasteiger partial charge < -0.3 is 24.2 Å². The van der Waals surface area contributed by atoms with Gasteiger partial charge in [-0.15, -0.1) is 0 Å². The second-order valence-electron chi connectivity index (χ2n) is 8.85. The molecule has 0 bridgehead atoms. The molecule has 3 aromatic carbocycles. The van der Waals surface area contributed by atoms with E-state index in [1.165, 1.54) is 11.1 Å². The molecule has 0 atom stereocenters. The van der Waals surface area contributed by atoms with Gasteiger partial charge in [0.05, 0.1) is 0 Å². The Labute approximate surface area is 194 Å². The number of benzene rings is 3. The summed E-state index contributed by atoms with van der Waals surface area (Å²) in [5.74, 6) is 3.20. The molecule has 170 valence electrons. The van der Waals surface area contributed by atoms with Crippen LogP contribution >= 0.6 is 0 Å². The summed E-state index contributed by atoms with van der Waals surface area (Å²) in [4.78, 5) is 2.10. The highest BCUT2D eigenvalue weighted by Crippen LogP contribution is 2.49. The number of allylic oxidation sites excluding steroid dienone is 1. The van der Waals surface area contributed by atoms with Crippen molar-refractivity contribution < 1.29 is 19.3 Å². The standard InChI is InChI=1S/C28H29NO4/c1-29(2)15-16-31-24-12-7-21(8-13-24)27(20-5-10-23(30)11-6-20)28(19-3-4-19)22-9-14-25-26(17-22)33-18-32-25/h5-14,17,19,30H,3-4,15-16,18H2,1-2H3/b28-27+. The van der Waals surface area contributed by atoms with Gasteiger partial charge in [-0.05, 0) is 97.1 Å². The van der Waals surface area contributed by atoms with Crippen molar-refractivity contribution in [2.75, 3.05) is 34.0 Å². The lowest BCUT2D eigenvalue weighted by atomic mass is 9.87. The topological polar surface area (TPSA) is 51.2 Å². The fourth-order valence-electron chi connectivity index (χ4n) is 4.19. The Hall–Kier alpha value is -3.44. The summed E-state index contributed by atoms with van der Waals surface area (Å²) in [6.45, 7) is 1.79.